The van der Waals surface area contributed by atoms with E-state index in [4.69, 9.17) is 0 Å². The highest BCUT2D eigenvalue weighted by atomic mass is 14.6. The average Bonchev–Trinajstić information content (AvgIpc) is 2.57. The Kier molecular flexibility index (Phi) is 4.61. The van der Waals surface area contributed by atoms with Gasteiger partial charge in [0.25, 0.3) is 0 Å². The van der Waals surface area contributed by atoms with Crippen LogP contribution in [0.1, 0.15) is 69.8 Å². The van der Waals surface area contributed by atoms with Gasteiger partial charge in [-0.25, -0.2) is 0 Å². The van der Waals surface area contributed by atoms with E-state index in [1.54, 1.807) is 0 Å². The van der Waals surface area contributed by atoms with Crippen molar-refractivity contribution < 1.29 is 0 Å². The number of aromatic nitrogens is 1. The zero-order chi connectivity index (χ0) is 16.4. The van der Waals surface area contributed by atoms with Gasteiger partial charge in [0.15, 0.2) is 0 Å². The molecule has 0 aliphatic heterocycles. The minimum absolute atomic E-state index is 0.580. The molecule has 1 aromatic rings. The molecule has 0 aromatic carbocycles. The molecule has 1 unspecified atom stereocenters. The number of aryl methyl sites for hydroxylation is 1. The van der Waals surface area contributed by atoms with Crippen LogP contribution in [-0.4, -0.2) is 4.98 Å². The van der Waals surface area contributed by atoms with Gasteiger partial charge < -0.3 is 0 Å². The summed E-state index contributed by atoms with van der Waals surface area (Å²) in [6.45, 7) is 0. The van der Waals surface area contributed by atoms with Crippen LogP contribution in [0.25, 0.3) is 0 Å². The van der Waals surface area contributed by atoms with Gasteiger partial charge in [-0.1, -0.05) is 0 Å². The van der Waals surface area contributed by atoms with Crippen LogP contribution < -0.4 is 0 Å². The number of hydrogen-bond acceptors (Lipinski definition) is 2. The second-order valence-corrected chi connectivity index (χ2v) is 9.08. The lowest BCUT2D eigenvalue weighted by Gasteiger charge is -2.57. The molecule has 24 heavy (non-hydrogen) atoms. The number of nitrogens with zero attached hydrogens (tertiary/aromatic N) is 2. The van der Waals surface area contributed by atoms with E-state index >= 15 is 0 Å². The third-order valence-corrected chi connectivity index (χ3v) is 7.22. The van der Waals surface area contributed by atoms with E-state index in [1.165, 1.54) is 56.9 Å². The summed E-state index contributed by atoms with van der Waals surface area (Å²) >= 11 is 0. The Labute approximate surface area is 146 Å². The van der Waals surface area contributed by atoms with Gasteiger partial charge in [-0.3, -0.25) is 4.98 Å². The third kappa shape index (κ3) is 3.51. The van der Waals surface area contributed by atoms with Crippen LogP contribution in [0.4, 0.5) is 0 Å². The summed E-state index contributed by atoms with van der Waals surface area (Å²) in [5.41, 5.74) is 2.03. The maximum Gasteiger partial charge on any atom is 0.0624 e. The molecular formula is C22H30N2. The lowest BCUT2D eigenvalue weighted by atomic mass is 9.48. The number of hydrogen-bond donors (Lipinski definition) is 0. The molecule has 4 aliphatic rings. The Morgan fingerprint density at radius 3 is 2.25 bits per heavy atom. The van der Waals surface area contributed by atoms with Gasteiger partial charge in [0, 0.05) is 18.8 Å². The maximum absolute atomic E-state index is 9.23. The second-order valence-electron chi connectivity index (χ2n) is 9.08. The summed E-state index contributed by atoms with van der Waals surface area (Å²) in [6.07, 6.45) is 18.5. The number of pyridine rings is 1. The summed E-state index contributed by atoms with van der Waals surface area (Å²) in [5, 5.41) is 9.23. The lowest BCUT2D eigenvalue weighted by Crippen LogP contribution is -2.46. The summed E-state index contributed by atoms with van der Waals surface area (Å²) in [6, 6.07) is 6.68. The minimum atomic E-state index is 0.580. The van der Waals surface area contributed by atoms with Crippen molar-refractivity contribution in [3.05, 3.63) is 30.1 Å². The van der Waals surface area contributed by atoms with Crippen molar-refractivity contribution in [1.82, 2.24) is 4.98 Å². The maximum atomic E-state index is 9.23. The monoisotopic (exact) mass is 322 g/mol. The Balaban J connectivity index is 1.33. The highest BCUT2D eigenvalue weighted by Gasteiger charge is 2.50. The van der Waals surface area contributed by atoms with Gasteiger partial charge in [-0.2, -0.15) is 5.26 Å². The zero-order valence-electron chi connectivity index (χ0n) is 14.8. The second kappa shape index (κ2) is 6.87. The van der Waals surface area contributed by atoms with Gasteiger partial charge in [-0.05, 0) is 111 Å². The van der Waals surface area contributed by atoms with Crippen molar-refractivity contribution in [2.24, 2.45) is 29.1 Å². The molecule has 2 heteroatoms. The van der Waals surface area contributed by atoms with E-state index in [-0.39, 0.29) is 0 Å². The average molecular weight is 322 g/mol. The minimum Gasteiger partial charge on any atom is -0.265 e. The van der Waals surface area contributed by atoms with Crippen molar-refractivity contribution in [3.8, 4) is 6.07 Å². The molecule has 4 bridgehead atoms. The summed E-state index contributed by atoms with van der Waals surface area (Å²) < 4.78 is 0. The molecular weight excluding hydrogens is 292 g/mol. The molecule has 4 fully saturated rings. The molecule has 0 amide bonds. The SMILES string of the molecule is N#CCC(CCc1ccncc1)CCC12CC3CC(CC(C3)C1)C2. The molecule has 4 aliphatic carbocycles. The summed E-state index contributed by atoms with van der Waals surface area (Å²) in [7, 11) is 0. The Bertz CT molecular complexity index is 550. The predicted molar refractivity (Wildman–Crippen MR) is 96.1 cm³/mol. The summed E-state index contributed by atoms with van der Waals surface area (Å²) in [4.78, 5) is 4.10. The zero-order valence-corrected chi connectivity index (χ0v) is 14.8. The first-order chi connectivity index (χ1) is 11.7. The van der Waals surface area contributed by atoms with Crippen molar-refractivity contribution in [2.45, 2.75) is 70.6 Å². The van der Waals surface area contributed by atoms with Crippen LogP contribution in [-0.2, 0) is 6.42 Å². The highest BCUT2D eigenvalue weighted by molar-refractivity contribution is 5.09. The fourth-order valence-electron chi connectivity index (χ4n) is 6.50. The fraction of sp³-hybridized carbons (Fsp3) is 0.727. The van der Waals surface area contributed by atoms with Gasteiger partial charge in [0.05, 0.1) is 6.07 Å². The van der Waals surface area contributed by atoms with Crippen LogP contribution >= 0.6 is 0 Å². The van der Waals surface area contributed by atoms with Crippen LogP contribution in [0.3, 0.4) is 0 Å². The molecule has 0 spiro atoms. The fourth-order valence-corrected chi connectivity index (χ4v) is 6.50. The van der Waals surface area contributed by atoms with E-state index in [0.717, 1.165) is 37.0 Å². The van der Waals surface area contributed by atoms with Gasteiger partial charge in [0.1, 0.15) is 0 Å². The quantitative estimate of drug-likeness (QED) is 0.660. The molecule has 128 valence electrons. The smallest absolute Gasteiger partial charge is 0.0624 e. The van der Waals surface area contributed by atoms with Crippen molar-refractivity contribution in [1.29, 1.82) is 5.26 Å². The third-order valence-electron chi connectivity index (χ3n) is 7.22. The molecule has 0 radical (unpaired) electrons. The first-order valence-corrected chi connectivity index (χ1v) is 10.0. The number of rotatable bonds is 7. The number of nitriles is 1. The molecule has 1 heterocycles. The Morgan fingerprint density at radius 2 is 1.67 bits per heavy atom. The topological polar surface area (TPSA) is 36.7 Å². The van der Waals surface area contributed by atoms with E-state index in [9.17, 15) is 5.26 Å². The van der Waals surface area contributed by atoms with Gasteiger partial charge in [0.2, 0.25) is 0 Å². The highest BCUT2D eigenvalue weighted by Crippen LogP contribution is 2.61. The van der Waals surface area contributed by atoms with E-state index < -0.39 is 0 Å². The Hall–Kier alpha value is -1.36. The van der Waals surface area contributed by atoms with Crippen molar-refractivity contribution in [2.75, 3.05) is 0 Å². The van der Waals surface area contributed by atoms with Crippen LogP contribution in [0.15, 0.2) is 24.5 Å². The van der Waals surface area contributed by atoms with Crippen LogP contribution in [0.5, 0.6) is 0 Å². The summed E-state index contributed by atoms with van der Waals surface area (Å²) in [5.74, 6) is 3.71. The predicted octanol–water partition coefficient (Wildman–Crippen LogP) is 5.54. The van der Waals surface area contributed by atoms with Crippen molar-refractivity contribution >= 4 is 0 Å². The molecule has 4 saturated carbocycles. The molecule has 5 rings (SSSR count). The first kappa shape index (κ1) is 16.1. The molecule has 1 atom stereocenters. The molecule has 0 N–H and O–H groups in total. The molecule has 2 nitrogen and oxygen atoms in total. The van der Waals surface area contributed by atoms with Crippen LogP contribution in [0.2, 0.25) is 0 Å². The van der Waals surface area contributed by atoms with Crippen LogP contribution in [0, 0.1) is 40.4 Å². The molecule has 0 saturated heterocycles. The first-order valence-electron chi connectivity index (χ1n) is 10.0. The van der Waals surface area contributed by atoms with E-state index in [2.05, 4.69) is 23.2 Å². The standard InChI is InChI=1S/C22H30N2/c23-8-4-17(1-2-18-5-9-24-10-6-18)3-7-22-14-19-11-20(15-22)13-21(12-19)16-22/h5-6,9-10,17,19-21H,1-4,7,11-16H2. The van der Waals surface area contributed by atoms with Crippen molar-refractivity contribution in [3.63, 3.8) is 0 Å². The largest absolute Gasteiger partial charge is 0.265 e. The van der Waals surface area contributed by atoms with Gasteiger partial charge in [-0.15, -0.1) is 0 Å². The Morgan fingerprint density at radius 1 is 1.04 bits per heavy atom. The van der Waals surface area contributed by atoms with Gasteiger partial charge >= 0.3 is 0 Å². The van der Waals surface area contributed by atoms with E-state index in [0.29, 0.717) is 11.3 Å². The van der Waals surface area contributed by atoms with E-state index in [1.807, 2.05) is 12.4 Å². The lowest BCUT2D eigenvalue weighted by molar-refractivity contribution is -0.0600. The molecule has 1 aromatic heterocycles. The normalized spacial score (nSPS) is 34.9.